The van der Waals surface area contributed by atoms with Crippen LogP contribution in [0, 0.1) is 5.92 Å². The Kier molecular flexibility index (Phi) is 4.44. The zero-order valence-corrected chi connectivity index (χ0v) is 13.2. The van der Waals surface area contributed by atoms with Gasteiger partial charge in [0.15, 0.2) is 0 Å². The number of thiophene rings is 1. The van der Waals surface area contributed by atoms with Crippen molar-refractivity contribution in [3.8, 4) is 0 Å². The number of hydrogen-bond acceptors (Lipinski definition) is 3. The molecule has 1 aliphatic rings. The minimum atomic E-state index is 0.0663. The summed E-state index contributed by atoms with van der Waals surface area (Å²) >= 11 is 1.82. The maximum atomic E-state index is 11.7. The van der Waals surface area contributed by atoms with Gasteiger partial charge in [0.1, 0.15) is 0 Å². The van der Waals surface area contributed by atoms with Crippen molar-refractivity contribution >= 4 is 17.0 Å². The predicted molar refractivity (Wildman–Crippen MR) is 89.0 cm³/mol. The Morgan fingerprint density at radius 1 is 1.33 bits per heavy atom. The molecule has 1 N–H and O–H groups in total. The normalized spacial score (nSPS) is 17.0. The molecule has 1 aliphatic carbocycles. The molecule has 3 rings (SSSR count). The molecule has 0 bridgehead atoms. The molecule has 0 radical (unpaired) electrons. The van der Waals surface area contributed by atoms with Crippen LogP contribution in [0.2, 0.25) is 0 Å². The van der Waals surface area contributed by atoms with Gasteiger partial charge in [-0.3, -0.25) is 4.79 Å². The highest BCUT2D eigenvalue weighted by molar-refractivity contribution is 7.10. The van der Waals surface area contributed by atoms with E-state index in [1.165, 1.54) is 30.6 Å². The average molecular weight is 302 g/mol. The fourth-order valence-corrected chi connectivity index (χ4v) is 4.09. The molecule has 21 heavy (non-hydrogen) atoms. The highest BCUT2D eigenvalue weighted by Crippen LogP contribution is 2.39. The van der Waals surface area contributed by atoms with Crippen LogP contribution in [-0.4, -0.2) is 4.57 Å². The average Bonchev–Trinajstić information content (AvgIpc) is 3.20. The fourth-order valence-electron chi connectivity index (χ4n) is 3.22. The number of hydrogen-bond donors (Lipinski definition) is 1. The maximum absolute atomic E-state index is 11.7. The van der Waals surface area contributed by atoms with Gasteiger partial charge in [-0.2, -0.15) is 0 Å². The Labute approximate surface area is 129 Å². The SMILES string of the molecule is CCn1cc(NC(c2cccs2)C2CCCC2)ccc1=O. The van der Waals surface area contributed by atoms with Crippen LogP contribution in [0.1, 0.15) is 43.5 Å². The summed E-state index contributed by atoms with van der Waals surface area (Å²) in [6.45, 7) is 2.71. The van der Waals surface area contributed by atoms with Crippen LogP contribution in [0.4, 0.5) is 5.69 Å². The molecule has 1 unspecified atom stereocenters. The van der Waals surface area contributed by atoms with E-state index in [9.17, 15) is 4.79 Å². The fraction of sp³-hybridized carbons (Fsp3) is 0.471. The van der Waals surface area contributed by atoms with Gasteiger partial charge >= 0.3 is 0 Å². The van der Waals surface area contributed by atoms with Crippen molar-refractivity contribution in [2.24, 2.45) is 5.92 Å². The van der Waals surface area contributed by atoms with Gasteiger partial charge in [0.2, 0.25) is 0 Å². The first-order valence-corrected chi connectivity index (χ1v) is 8.66. The van der Waals surface area contributed by atoms with Crippen LogP contribution < -0.4 is 10.9 Å². The molecular weight excluding hydrogens is 280 g/mol. The second-order valence-electron chi connectivity index (χ2n) is 5.72. The zero-order valence-electron chi connectivity index (χ0n) is 12.4. The van der Waals surface area contributed by atoms with Crippen molar-refractivity contribution in [1.29, 1.82) is 0 Å². The molecule has 1 atom stereocenters. The molecule has 0 amide bonds. The Bertz CT molecular complexity index is 626. The third-order valence-corrected chi connectivity index (χ3v) is 5.32. The van der Waals surface area contributed by atoms with Crippen molar-refractivity contribution in [3.63, 3.8) is 0 Å². The predicted octanol–water partition coefficient (Wildman–Crippen LogP) is 4.27. The molecule has 3 nitrogen and oxygen atoms in total. The standard InChI is InChI=1S/C17H22N2OS/c1-2-19-12-14(9-10-16(19)20)18-17(13-6-3-4-7-13)15-8-5-11-21-15/h5,8-13,17-18H,2-4,6-7H2,1H3. The maximum Gasteiger partial charge on any atom is 0.250 e. The van der Waals surface area contributed by atoms with Gasteiger partial charge in [0.25, 0.3) is 5.56 Å². The smallest absolute Gasteiger partial charge is 0.250 e. The lowest BCUT2D eigenvalue weighted by molar-refractivity contribution is 0.475. The van der Waals surface area contributed by atoms with Crippen LogP contribution >= 0.6 is 11.3 Å². The molecule has 0 saturated heterocycles. The quantitative estimate of drug-likeness (QED) is 0.894. The largest absolute Gasteiger partial charge is 0.376 e. The van der Waals surface area contributed by atoms with Crippen LogP contribution in [0.25, 0.3) is 0 Å². The second-order valence-corrected chi connectivity index (χ2v) is 6.70. The molecular formula is C17H22N2OS. The number of anilines is 1. The van der Waals surface area contributed by atoms with Crippen LogP contribution in [0.5, 0.6) is 0 Å². The van der Waals surface area contributed by atoms with Gasteiger partial charge in [-0.15, -0.1) is 11.3 Å². The minimum Gasteiger partial charge on any atom is -0.376 e. The van der Waals surface area contributed by atoms with E-state index in [0.717, 1.165) is 5.69 Å². The first kappa shape index (κ1) is 14.4. The Morgan fingerprint density at radius 2 is 2.14 bits per heavy atom. The molecule has 0 spiro atoms. The molecule has 2 heterocycles. The van der Waals surface area contributed by atoms with E-state index in [4.69, 9.17) is 0 Å². The van der Waals surface area contributed by atoms with Crippen LogP contribution in [0.3, 0.4) is 0 Å². The van der Waals surface area contributed by atoms with Crippen LogP contribution in [0.15, 0.2) is 40.6 Å². The van der Waals surface area contributed by atoms with E-state index in [-0.39, 0.29) is 5.56 Å². The minimum absolute atomic E-state index is 0.0663. The summed E-state index contributed by atoms with van der Waals surface area (Å²) in [7, 11) is 0. The van der Waals surface area contributed by atoms with E-state index < -0.39 is 0 Å². The first-order valence-electron chi connectivity index (χ1n) is 7.78. The molecule has 1 fully saturated rings. The second kappa shape index (κ2) is 6.48. The number of rotatable bonds is 5. The van der Waals surface area contributed by atoms with E-state index in [1.54, 1.807) is 10.6 Å². The lowest BCUT2D eigenvalue weighted by Gasteiger charge is -2.25. The van der Waals surface area contributed by atoms with Gasteiger partial charge in [-0.05, 0) is 43.2 Å². The first-order chi connectivity index (χ1) is 10.3. The van der Waals surface area contributed by atoms with Gasteiger partial charge in [0, 0.05) is 23.7 Å². The van der Waals surface area contributed by atoms with E-state index >= 15 is 0 Å². The monoisotopic (exact) mass is 302 g/mol. The molecule has 112 valence electrons. The summed E-state index contributed by atoms with van der Waals surface area (Å²) in [5.74, 6) is 0.700. The summed E-state index contributed by atoms with van der Waals surface area (Å²) in [6.07, 6.45) is 7.20. The third-order valence-electron chi connectivity index (χ3n) is 4.37. The van der Waals surface area contributed by atoms with Crippen molar-refractivity contribution in [2.45, 2.75) is 45.2 Å². The summed E-state index contributed by atoms with van der Waals surface area (Å²) in [5, 5.41) is 5.82. The van der Waals surface area contributed by atoms with Gasteiger partial charge in [0.05, 0.1) is 11.7 Å². The summed E-state index contributed by atoms with van der Waals surface area (Å²) in [6, 6.07) is 8.28. The number of nitrogens with one attached hydrogen (secondary N) is 1. The lowest BCUT2D eigenvalue weighted by atomic mass is 9.96. The molecule has 1 saturated carbocycles. The number of nitrogens with zero attached hydrogens (tertiary/aromatic N) is 1. The van der Waals surface area contributed by atoms with Crippen molar-refractivity contribution in [2.75, 3.05) is 5.32 Å². The molecule has 2 aromatic rings. The lowest BCUT2D eigenvalue weighted by Crippen LogP contribution is -2.21. The number of aromatic nitrogens is 1. The van der Waals surface area contributed by atoms with E-state index in [0.29, 0.717) is 18.5 Å². The van der Waals surface area contributed by atoms with Crippen LogP contribution in [-0.2, 0) is 6.54 Å². The molecule has 0 aromatic carbocycles. The third kappa shape index (κ3) is 3.21. The molecule has 4 heteroatoms. The summed E-state index contributed by atoms with van der Waals surface area (Å²) in [4.78, 5) is 13.1. The molecule has 2 aromatic heterocycles. The Hall–Kier alpha value is -1.55. The highest BCUT2D eigenvalue weighted by atomic mass is 32.1. The van der Waals surface area contributed by atoms with Gasteiger partial charge in [-0.25, -0.2) is 0 Å². The van der Waals surface area contributed by atoms with Crippen molar-refractivity contribution in [1.82, 2.24) is 4.57 Å². The number of pyridine rings is 1. The summed E-state index contributed by atoms with van der Waals surface area (Å²) in [5.41, 5.74) is 1.11. The topological polar surface area (TPSA) is 34.0 Å². The Balaban J connectivity index is 1.86. The zero-order chi connectivity index (χ0) is 14.7. The summed E-state index contributed by atoms with van der Waals surface area (Å²) < 4.78 is 1.75. The van der Waals surface area contributed by atoms with E-state index in [2.05, 4.69) is 22.8 Å². The van der Waals surface area contributed by atoms with Crippen molar-refractivity contribution < 1.29 is 0 Å². The van der Waals surface area contributed by atoms with E-state index in [1.807, 2.05) is 30.5 Å². The highest BCUT2D eigenvalue weighted by Gasteiger charge is 2.27. The van der Waals surface area contributed by atoms with Gasteiger partial charge < -0.3 is 9.88 Å². The van der Waals surface area contributed by atoms with Gasteiger partial charge in [-0.1, -0.05) is 18.9 Å². The van der Waals surface area contributed by atoms with Crippen molar-refractivity contribution in [3.05, 3.63) is 51.1 Å². The number of aryl methyl sites for hydroxylation is 1. The molecule has 0 aliphatic heterocycles. The Morgan fingerprint density at radius 3 is 2.81 bits per heavy atom.